The molecule has 6 heteroatoms. The molecular weight excluding hydrogens is 314 g/mol. The molecule has 128 valence electrons. The Kier molecular flexibility index (Phi) is 8.06. The van der Waals surface area contributed by atoms with Crippen LogP contribution in [0.2, 0.25) is 0 Å². The summed E-state index contributed by atoms with van der Waals surface area (Å²) in [5.41, 5.74) is 6.91. The van der Waals surface area contributed by atoms with E-state index in [-0.39, 0.29) is 30.3 Å². The summed E-state index contributed by atoms with van der Waals surface area (Å²) in [6.07, 6.45) is 3.18. The second-order valence-electron chi connectivity index (χ2n) is 5.83. The third-order valence-electron chi connectivity index (χ3n) is 4.00. The maximum absolute atomic E-state index is 12.5. The Morgan fingerprint density at radius 2 is 2.04 bits per heavy atom. The number of hydrogen-bond acceptors (Lipinski definition) is 3. The van der Waals surface area contributed by atoms with Crippen molar-refractivity contribution >= 4 is 24.2 Å². The number of amides is 2. The zero-order valence-corrected chi connectivity index (χ0v) is 14.3. The molecule has 2 amide bonds. The molecule has 5 nitrogen and oxygen atoms in total. The maximum Gasteiger partial charge on any atom is 0.244 e. The summed E-state index contributed by atoms with van der Waals surface area (Å²) >= 11 is 0. The first-order valence-corrected chi connectivity index (χ1v) is 8.00. The number of piperidine rings is 1. The third-order valence-corrected chi connectivity index (χ3v) is 4.00. The van der Waals surface area contributed by atoms with Crippen LogP contribution in [-0.2, 0) is 9.59 Å². The van der Waals surface area contributed by atoms with E-state index in [0.717, 1.165) is 24.8 Å². The molecule has 1 aromatic rings. The van der Waals surface area contributed by atoms with Crippen LogP contribution in [-0.4, -0.2) is 35.8 Å². The minimum absolute atomic E-state index is 0. The lowest BCUT2D eigenvalue weighted by atomic mass is 10.0. The summed E-state index contributed by atoms with van der Waals surface area (Å²) in [6, 6.07) is 8.81. The van der Waals surface area contributed by atoms with E-state index in [1.807, 2.05) is 37.3 Å². The highest BCUT2D eigenvalue weighted by molar-refractivity contribution is 5.85. The molecule has 0 radical (unpaired) electrons. The number of nitrogens with one attached hydrogen (secondary N) is 1. The van der Waals surface area contributed by atoms with E-state index in [4.69, 9.17) is 5.73 Å². The molecule has 1 saturated heterocycles. The van der Waals surface area contributed by atoms with Gasteiger partial charge in [-0.2, -0.15) is 0 Å². The first kappa shape index (κ1) is 19.5. The largest absolute Gasteiger partial charge is 0.352 e. The Morgan fingerprint density at radius 1 is 1.35 bits per heavy atom. The summed E-state index contributed by atoms with van der Waals surface area (Å²) in [6.45, 7) is 3.24. The van der Waals surface area contributed by atoms with Crippen LogP contribution < -0.4 is 11.1 Å². The highest BCUT2D eigenvalue weighted by Crippen LogP contribution is 2.17. The van der Waals surface area contributed by atoms with E-state index >= 15 is 0 Å². The van der Waals surface area contributed by atoms with Crippen molar-refractivity contribution in [2.24, 2.45) is 5.73 Å². The molecule has 3 N–H and O–H groups in total. The number of nitrogens with two attached hydrogens (primary N) is 1. The predicted octanol–water partition coefficient (Wildman–Crippen LogP) is 2.02. The Hall–Kier alpha value is -1.59. The second kappa shape index (κ2) is 9.53. The van der Waals surface area contributed by atoms with Crippen molar-refractivity contribution in [3.8, 4) is 0 Å². The molecule has 1 heterocycles. The number of carbonyl (C=O) groups is 2. The molecule has 0 aliphatic carbocycles. The van der Waals surface area contributed by atoms with Crippen LogP contribution >= 0.6 is 12.4 Å². The molecule has 2 unspecified atom stereocenters. The summed E-state index contributed by atoms with van der Waals surface area (Å²) < 4.78 is 0. The minimum atomic E-state index is -0.633. The van der Waals surface area contributed by atoms with Crippen LogP contribution in [0.1, 0.15) is 44.2 Å². The van der Waals surface area contributed by atoms with Crippen molar-refractivity contribution in [1.82, 2.24) is 10.2 Å². The van der Waals surface area contributed by atoms with Crippen LogP contribution in [0.5, 0.6) is 0 Å². The third kappa shape index (κ3) is 5.52. The lowest BCUT2D eigenvalue weighted by molar-refractivity contribution is -0.135. The summed E-state index contributed by atoms with van der Waals surface area (Å²) in [5.74, 6) is -0.00482. The van der Waals surface area contributed by atoms with Crippen LogP contribution in [0.3, 0.4) is 0 Å². The fourth-order valence-electron chi connectivity index (χ4n) is 2.82. The summed E-state index contributed by atoms with van der Waals surface area (Å²) in [7, 11) is 0. The quantitative estimate of drug-likeness (QED) is 0.861. The zero-order chi connectivity index (χ0) is 15.9. The Bertz CT molecular complexity index is 510. The van der Waals surface area contributed by atoms with Gasteiger partial charge in [-0.25, -0.2) is 0 Å². The number of hydrogen-bond donors (Lipinski definition) is 2. The SMILES string of the molecule is CCCC(=O)NC1CCCN(C(=O)C(N)c2ccccc2)C1.Cl. The molecule has 2 rings (SSSR count). The van der Waals surface area contributed by atoms with E-state index in [2.05, 4.69) is 5.32 Å². The van der Waals surface area contributed by atoms with Gasteiger partial charge in [-0.3, -0.25) is 9.59 Å². The average Bonchev–Trinajstić information content (AvgIpc) is 2.54. The van der Waals surface area contributed by atoms with Gasteiger partial charge in [0, 0.05) is 25.6 Å². The van der Waals surface area contributed by atoms with E-state index in [9.17, 15) is 9.59 Å². The molecular formula is C17H26ClN3O2. The van der Waals surface area contributed by atoms with Crippen LogP contribution in [0.4, 0.5) is 0 Å². The topological polar surface area (TPSA) is 75.4 Å². The van der Waals surface area contributed by atoms with Crippen molar-refractivity contribution in [3.05, 3.63) is 35.9 Å². The van der Waals surface area contributed by atoms with Gasteiger partial charge < -0.3 is 16.0 Å². The summed E-state index contributed by atoms with van der Waals surface area (Å²) in [5, 5.41) is 3.01. The lowest BCUT2D eigenvalue weighted by Gasteiger charge is -2.34. The van der Waals surface area contributed by atoms with Crippen LogP contribution in [0.25, 0.3) is 0 Å². The molecule has 2 atom stereocenters. The Morgan fingerprint density at radius 3 is 2.70 bits per heavy atom. The normalized spacial score (nSPS) is 18.7. The Labute approximate surface area is 144 Å². The van der Waals surface area contributed by atoms with Gasteiger partial charge in [-0.05, 0) is 24.8 Å². The number of nitrogens with zero attached hydrogens (tertiary/aromatic N) is 1. The number of rotatable bonds is 5. The number of halogens is 1. The zero-order valence-electron chi connectivity index (χ0n) is 13.5. The number of benzene rings is 1. The predicted molar refractivity (Wildman–Crippen MR) is 93.3 cm³/mol. The van der Waals surface area contributed by atoms with Crippen molar-refractivity contribution in [3.63, 3.8) is 0 Å². The monoisotopic (exact) mass is 339 g/mol. The molecule has 1 aromatic carbocycles. The molecule has 0 saturated carbocycles. The van der Waals surface area contributed by atoms with E-state index in [1.54, 1.807) is 4.90 Å². The molecule has 0 bridgehead atoms. The van der Waals surface area contributed by atoms with Gasteiger partial charge in [-0.1, -0.05) is 37.3 Å². The number of carbonyl (C=O) groups excluding carboxylic acids is 2. The highest BCUT2D eigenvalue weighted by Gasteiger charge is 2.28. The molecule has 1 fully saturated rings. The lowest BCUT2D eigenvalue weighted by Crippen LogP contribution is -2.51. The Balaban J connectivity index is 0.00000264. The van der Waals surface area contributed by atoms with Crippen LogP contribution in [0, 0.1) is 0 Å². The van der Waals surface area contributed by atoms with Gasteiger partial charge in [0.15, 0.2) is 0 Å². The van der Waals surface area contributed by atoms with E-state index in [1.165, 1.54) is 0 Å². The fourth-order valence-corrected chi connectivity index (χ4v) is 2.82. The molecule has 0 aromatic heterocycles. The highest BCUT2D eigenvalue weighted by atomic mass is 35.5. The number of likely N-dealkylation sites (tertiary alicyclic amines) is 1. The first-order chi connectivity index (χ1) is 10.6. The minimum Gasteiger partial charge on any atom is -0.352 e. The van der Waals surface area contributed by atoms with Crippen LogP contribution in [0.15, 0.2) is 30.3 Å². The van der Waals surface area contributed by atoms with E-state index in [0.29, 0.717) is 19.5 Å². The van der Waals surface area contributed by atoms with Crippen molar-refractivity contribution < 1.29 is 9.59 Å². The van der Waals surface area contributed by atoms with Crippen molar-refractivity contribution in [2.75, 3.05) is 13.1 Å². The van der Waals surface area contributed by atoms with Gasteiger partial charge >= 0.3 is 0 Å². The molecule has 23 heavy (non-hydrogen) atoms. The smallest absolute Gasteiger partial charge is 0.244 e. The standard InChI is InChI=1S/C17H25N3O2.ClH/c1-2-7-15(21)19-14-10-6-11-20(12-14)17(22)16(18)13-8-4-3-5-9-13;/h3-5,8-9,14,16H,2,6-7,10-12,18H2,1H3,(H,19,21);1H. The van der Waals surface area contributed by atoms with Gasteiger partial charge in [0.05, 0.1) is 0 Å². The summed E-state index contributed by atoms with van der Waals surface area (Å²) in [4.78, 5) is 26.0. The fraction of sp³-hybridized carbons (Fsp3) is 0.529. The van der Waals surface area contributed by atoms with Crippen molar-refractivity contribution in [1.29, 1.82) is 0 Å². The average molecular weight is 340 g/mol. The van der Waals surface area contributed by atoms with Gasteiger partial charge in [0.1, 0.15) is 6.04 Å². The second-order valence-corrected chi connectivity index (χ2v) is 5.83. The van der Waals surface area contributed by atoms with Gasteiger partial charge in [0.25, 0.3) is 0 Å². The van der Waals surface area contributed by atoms with Gasteiger partial charge in [-0.15, -0.1) is 12.4 Å². The first-order valence-electron chi connectivity index (χ1n) is 8.00. The maximum atomic E-state index is 12.5. The van der Waals surface area contributed by atoms with Gasteiger partial charge in [0.2, 0.25) is 11.8 Å². The van der Waals surface area contributed by atoms with Crippen molar-refractivity contribution in [2.45, 2.75) is 44.7 Å². The molecule has 1 aliphatic rings. The molecule has 0 spiro atoms. The van der Waals surface area contributed by atoms with E-state index < -0.39 is 6.04 Å². The molecule has 1 aliphatic heterocycles.